The van der Waals surface area contributed by atoms with Gasteiger partial charge >= 0.3 is 6.03 Å². The number of hydrogen-bond acceptors (Lipinski definition) is 5. The number of amides is 2. The average molecular weight is 451 g/mol. The highest BCUT2D eigenvalue weighted by Crippen LogP contribution is 2.34. The van der Waals surface area contributed by atoms with E-state index in [0.29, 0.717) is 42.6 Å². The van der Waals surface area contributed by atoms with Gasteiger partial charge in [-0.05, 0) is 42.8 Å². The number of aryl methyl sites for hydroxylation is 1. The van der Waals surface area contributed by atoms with Crippen molar-refractivity contribution in [3.05, 3.63) is 45.9 Å². The zero-order chi connectivity index (χ0) is 20.5. The molecule has 0 bridgehead atoms. The standard InChI is InChI=1S/C20H20Cl2N4O2S/c1-12-14(22)4-6-17-18(12)24-20(29-17)26-9-7-25(8-10-26)19(27)23-15-11-13(21)3-5-16(15)28-2/h3-6,11H,7-10H2,1-2H3,(H,23,27). The summed E-state index contributed by atoms with van der Waals surface area (Å²) in [5.41, 5.74) is 2.51. The van der Waals surface area contributed by atoms with Crippen molar-refractivity contribution in [1.82, 2.24) is 9.88 Å². The van der Waals surface area contributed by atoms with Crippen molar-refractivity contribution in [3.8, 4) is 5.75 Å². The van der Waals surface area contributed by atoms with Crippen LogP contribution in [0.3, 0.4) is 0 Å². The van der Waals surface area contributed by atoms with Gasteiger partial charge in [-0.2, -0.15) is 0 Å². The van der Waals surface area contributed by atoms with Crippen LogP contribution in [-0.2, 0) is 0 Å². The number of piperazine rings is 1. The number of hydrogen-bond donors (Lipinski definition) is 1. The fourth-order valence-electron chi connectivity index (χ4n) is 3.30. The molecular weight excluding hydrogens is 431 g/mol. The Balaban J connectivity index is 1.42. The first-order valence-corrected chi connectivity index (χ1v) is 10.7. The first kappa shape index (κ1) is 20.1. The van der Waals surface area contributed by atoms with E-state index in [4.69, 9.17) is 32.9 Å². The summed E-state index contributed by atoms with van der Waals surface area (Å²) in [6.07, 6.45) is 0. The second-order valence-corrected chi connectivity index (χ2v) is 8.62. The van der Waals surface area contributed by atoms with Crippen molar-refractivity contribution < 1.29 is 9.53 Å². The lowest BCUT2D eigenvalue weighted by Crippen LogP contribution is -2.50. The Hall–Kier alpha value is -2.22. The lowest BCUT2D eigenvalue weighted by Gasteiger charge is -2.34. The van der Waals surface area contributed by atoms with Crippen molar-refractivity contribution in [1.29, 1.82) is 0 Å². The van der Waals surface area contributed by atoms with E-state index in [-0.39, 0.29) is 6.03 Å². The maximum atomic E-state index is 12.7. The van der Waals surface area contributed by atoms with Crippen LogP contribution in [0.2, 0.25) is 10.0 Å². The number of ether oxygens (including phenoxy) is 1. The molecule has 1 N–H and O–H groups in total. The number of fused-ring (bicyclic) bond motifs is 1. The van der Waals surface area contributed by atoms with Crippen LogP contribution in [0.5, 0.6) is 5.75 Å². The zero-order valence-corrected chi connectivity index (χ0v) is 18.4. The molecule has 0 spiro atoms. The predicted molar refractivity (Wildman–Crippen MR) is 120 cm³/mol. The number of carbonyl (C=O) groups is 1. The van der Waals surface area contributed by atoms with E-state index in [0.717, 1.165) is 25.9 Å². The molecule has 1 aliphatic rings. The number of nitrogens with zero attached hydrogens (tertiary/aromatic N) is 3. The minimum absolute atomic E-state index is 0.169. The minimum Gasteiger partial charge on any atom is -0.495 e. The Morgan fingerprint density at radius 1 is 1.17 bits per heavy atom. The normalized spacial score (nSPS) is 14.3. The third-order valence-corrected chi connectivity index (χ3v) is 6.70. The Kier molecular flexibility index (Phi) is 5.72. The third kappa shape index (κ3) is 4.08. The number of thiazole rings is 1. The van der Waals surface area contributed by atoms with Gasteiger partial charge in [-0.25, -0.2) is 9.78 Å². The molecule has 2 aromatic carbocycles. The van der Waals surface area contributed by atoms with Gasteiger partial charge in [0.1, 0.15) is 5.75 Å². The summed E-state index contributed by atoms with van der Waals surface area (Å²) in [6.45, 7) is 4.62. The minimum atomic E-state index is -0.169. The number of anilines is 2. The van der Waals surface area contributed by atoms with Crippen LogP contribution in [0.25, 0.3) is 10.2 Å². The van der Waals surface area contributed by atoms with Gasteiger partial charge in [0.15, 0.2) is 5.13 Å². The molecular formula is C20H20Cl2N4O2S. The number of methoxy groups -OCH3 is 1. The van der Waals surface area contributed by atoms with Gasteiger partial charge in [-0.1, -0.05) is 34.5 Å². The maximum absolute atomic E-state index is 12.7. The van der Waals surface area contributed by atoms with Crippen molar-refractivity contribution >= 4 is 61.6 Å². The van der Waals surface area contributed by atoms with E-state index in [1.54, 1.807) is 41.5 Å². The predicted octanol–water partition coefficient (Wildman–Crippen LogP) is 5.27. The lowest BCUT2D eigenvalue weighted by molar-refractivity contribution is 0.208. The highest BCUT2D eigenvalue weighted by atomic mass is 35.5. The van der Waals surface area contributed by atoms with E-state index in [2.05, 4.69) is 10.2 Å². The molecule has 152 valence electrons. The summed E-state index contributed by atoms with van der Waals surface area (Å²) in [5, 5.41) is 5.12. The maximum Gasteiger partial charge on any atom is 0.322 e. The molecule has 0 atom stereocenters. The SMILES string of the molecule is COc1ccc(Cl)cc1NC(=O)N1CCN(c2nc3c(C)c(Cl)ccc3s2)CC1. The first-order valence-electron chi connectivity index (χ1n) is 9.16. The fourth-order valence-corrected chi connectivity index (χ4v) is 4.70. The molecule has 1 fully saturated rings. The van der Waals surface area contributed by atoms with E-state index in [1.165, 1.54) is 0 Å². The summed E-state index contributed by atoms with van der Waals surface area (Å²) < 4.78 is 6.41. The Labute approximate surface area is 183 Å². The van der Waals surface area contributed by atoms with Crippen molar-refractivity contribution in [2.24, 2.45) is 0 Å². The molecule has 0 unspecified atom stereocenters. The smallest absolute Gasteiger partial charge is 0.322 e. The molecule has 0 radical (unpaired) electrons. The molecule has 4 rings (SSSR count). The van der Waals surface area contributed by atoms with Gasteiger partial charge in [0.2, 0.25) is 0 Å². The highest BCUT2D eigenvalue weighted by Gasteiger charge is 2.24. The van der Waals surface area contributed by atoms with Crippen LogP contribution in [0.1, 0.15) is 5.56 Å². The largest absolute Gasteiger partial charge is 0.495 e. The molecule has 3 aromatic rings. The average Bonchev–Trinajstić information content (AvgIpc) is 3.16. The van der Waals surface area contributed by atoms with Crippen LogP contribution < -0.4 is 15.0 Å². The summed E-state index contributed by atoms with van der Waals surface area (Å²) in [5.74, 6) is 0.574. The molecule has 29 heavy (non-hydrogen) atoms. The molecule has 1 aliphatic heterocycles. The van der Waals surface area contributed by atoms with E-state index in [9.17, 15) is 4.79 Å². The summed E-state index contributed by atoms with van der Waals surface area (Å²) in [6, 6.07) is 8.89. The summed E-state index contributed by atoms with van der Waals surface area (Å²) in [4.78, 5) is 21.5. The fraction of sp³-hybridized carbons (Fsp3) is 0.300. The number of carbonyl (C=O) groups excluding carboxylic acids is 1. The number of urea groups is 1. The van der Waals surface area contributed by atoms with Crippen molar-refractivity contribution in [2.45, 2.75) is 6.92 Å². The molecule has 6 nitrogen and oxygen atoms in total. The van der Waals surface area contributed by atoms with Crippen LogP contribution in [0.15, 0.2) is 30.3 Å². The second-order valence-electron chi connectivity index (χ2n) is 6.76. The molecule has 2 heterocycles. The number of aromatic nitrogens is 1. The Morgan fingerprint density at radius 3 is 2.66 bits per heavy atom. The first-order chi connectivity index (χ1) is 14.0. The van der Waals surface area contributed by atoms with Crippen molar-refractivity contribution in [3.63, 3.8) is 0 Å². The van der Waals surface area contributed by atoms with Gasteiger partial charge in [0.05, 0.1) is 23.0 Å². The van der Waals surface area contributed by atoms with Gasteiger partial charge in [0.25, 0.3) is 0 Å². The highest BCUT2D eigenvalue weighted by molar-refractivity contribution is 7.22. The van der Waals surface area contributed by atoms with Crippen LogP contribution in [0, 0.1) is 6.92 Å². The number of nitrogens with one attached hydrogen (secondary N) is 1. The summed E-state index contributed by atoms with van der Waals surface area (Å²) >= 11 is 13.9. The van der Waals surface area contributed by atoms with E-state index < -0.39 is 0 Å². The Morgan fingerprint density at radius 2 is 1.93 bits per heavy atom. The van der Waals surface area contributed by atoms with Gasteiger partial charge in [-0.15, -0.1) is 0 Å². The second kappa shape index (κ2) is 8.26. The van der Waals surface area contributed by atoms with Crippen molar-refractivity contribution in [2.75, 3.05) is 43.5 Å². The molecule has 1 saturated heterocycles. The van der Waals surface area contributed by atoms with E-state index >= 15 is 0 Å². The Bertz CT molecular complexity index is 1060. The molecule has 9 heteroatoms. The number of benzene rings is 2. The topological polar surface area (TPSA) is 57.7 Å². The molecule has 0 aliphatic carbocycles. The molecule has 0 saturated carbocycles. The van der Waals surface area contributed by atoms with Gasteiger partial charge in [0, 0.05) is 36.2 Å². The lowest BCUT2D eigenvalue weighted by atomic mass is 10.2. The monoisotopic (exact) mass is 450 g/mol. The number of rotatable bonds is 3. The number of halogens is 2. The molecule has 1 aromatic heterocycles. The van der Waals surface area contributed by atoms with E-state index in [1.807, 2.05) is 19.1 Å². The van der Waals surface area contributed by atoms with Gasteiger partial charge < -0.3 is 19.9 Å². The molecule has 2 amide bonds. The quantitative estimate of drug-likeness (QED) is 0.589. The third-order valence-electron chi connectivity index (χ3n) is 4.98. The van der Waals surface area contributed by atoms with Crippen LogP contribution in [-0.4, -0.2) is 49.2 Å². The summed E-state index contributed by atoms with van der Waals surface area (Å²) in [7, 11) is 1.56. The zero-order valence-electron chi connectivity index (χ0n) is 16.0. The van der Waals surface area contributed by atoms with Crippen LogP contribution in [0.4, 0.5) is 15.6 Å². The van der Waals surface area contributed by atoms with Gasteiger partial charge in [-0.3, -0.25) is 0 Å². The van der Waals surface area contributed by atoms with Crippen LogP contribution >= 0.6 is 34.5 Å².